The van der Waals surface area contributed by atoms with Gasteiger partial charge in [0.1, 0.15) is 11.5 Å². The monoisotopic (exact) mass is 260 g/mol. The van der Waals surface area contributed by atoms with Crippen molar-refractivity contribution in [3.05, 3.63) is 30.1 Å². The Morgan fingerprint density at radius 1 is 1.53 bits per heavy atom. The summed E-state index contributed by atoms with van der Waals surface area (Å²) in [7, 11) is 3.78. The first kappa shape index (κ1) is 13.1. The molecule has 0 spiro atoms. The molecule has 100 valence electrons. The predicted octanol–water partition coefficient (Wildman–Crippen LogP) is 1.73. The molecule has 0 aliphatic carbocycles. The number of rotatable bonds is 4. The summed E-state index contributed by atoms with van der Waals surface area (Å²) in [6, 6.07) is 5.51. The fourth-order valence-corrected chi connectivity index (χ4v) is 1.58. The van der Waals surface area contributed by atoms with Crippen LogP contribution in [0.3, 0.4) is 0 Å². The molecule has 2 aromatic heterocycles. The van der Waals surface area contributed by atoms with Crippen LogP contribution >= 0.6 is 0 Å². The highest BCUT2D eigenvalue weighted by Crippen LogP contribution is 2.16. The molecule has 0 aliphatic heterocycles. The van der Waals surface area contributed by atoms with E-state index in [1.54, 1.807) is 23.9 Å². The summed E-state index contributed by atoms with van der Waals surface area (Å²) in [6.07, 6.45) is 3.33. The largest absolute Gasteiger partial charge is 0.461 e. The Bertz CT molecular complexity index is 616. The average Bonchev–Trinajstić information content (AvgIpc) is 2.80. The number of hydrogen-bond acceptors (Lipinski definition) is 4. The van der Waals surface area contributed by atoms with Crippen molar-refractivity contribution in [3.63, 3.8) is 0 Å². The molecule has 0 unspecified atom stereocenters. The van der Waals surface area contributed by atoms with Gasteiger partial charge in [-0.3, -0.25) is 4.40 Å². The molecule has 0 saturated carbocycles. The number of nitrogens with zero attached hydrogens (tertiary/aromatic N) is 4. The van der Waals surface area contributed by atoms with Crippen molar-refractivity contribution >= 4 is 23.8 Å². The van der Waals surface area contributed by atoms with Crippen LogP contribution in [0, 0.1) is 0 Å². The quantitative estimate of drug-likeness (QED) is 0.477. The molecular weight excluding hydrogens is 244 g/mol. The van der Waals surface area contributed by atoms with Crippen molar-refractivity contribution < 1.29 is 9.53 Å². The second kappa shape index (κ2) is 5.51. The van der Waals surface area contributed by atoms with E-state index in [2.05, 4.69) is 9.98 Å². The number of fused-ring (bicyclic) bond motifs is 1. The Hall–Kier alpha value is -2.37. The Labute approximate surface area is 111 Å². The molecule has 2 heterocycles. The van der Waals surface area contributed by atoms with E-state index in [9.17, 15) is 4.79 Å². The lowest BCUT2D eigenvalue weighted by Gasteiger charge is -2.03. The standard InChI is InChI=1S/C13H16N4O2/c1-4-19-13(18)10-8-17-11(14-9-16(2)3)6-5-7-12(17)15-10/h5-9H,4H2,1-3H3/b14-9+. The summed E-state index contributed by atoms with van der Waals surface area (Å²) in [5.74, 6) is 0.281. The lowest BCUT2D eigenvalue weighted by atomic mass is 10.4. The van der Waals surface area contributed by atoms with Gasteiger partial charge in [0.25, 0.3) is 0 Å². The Kier molecular flexibility index (Phi) is 3.79. The van der Waals surface area contributed by atoms with E-state index in [1.165, 1.54) is 0 Å². The van der Waals surface area contributed by atoms with Gasteiger partial charge in [0.05, 0.1) is 12.9 Å². The third kappa shape index (κ3) is 2.90. The molecule has 2 rings (SSSR count). The van der Waals surface area contributed by atoms with Crippen LogP contribution in [-0.4, -0.2) is 47.3 Å². The second-order valence-corrected chi connectivity index (χ2v) is 4.17. The molecule has 6 heteroatoms. The van der Waals surface area contributed by atoms with E-state index in [-0.39, 0.29) is 5.69 Å². The zero-order valence-corrected chi connectivity index (χ0v) is 11.2. The molecule has 0 atom stereocenters. The first-order chi connectivity index (χ1) is 9.11. The van der Waals surface area contributed by atoms with Crippen LogP contribution in [0.15, 0.2) is 29.4 Å². The number of carbonyl (C=O) groups is 1. The zero-order valence-electron chi connectivity index (χ0n) is 11.2. The second-order valence-electron chi connectivity index (χ2n) is 4.17. The number of imidazole rings is 1. The fraction of sp³-hybridized carbons (Fsp3) is 0.308. The molecular formula is C13H16N4O2. The molecule has 2 aromatic rings. The molecule has 6 nitrogen and oxygen atoms in total. The maximum absolute atomic E-state index is 11.6. The highest BCUT2D eigenvalue weighted by Gasteiger charge is 2.12. The number of carbonyl (C=O) groups excluding carboxylic acids is 1. The van der Waals surface area contributed by atoms with Crippen LogP contribution < -0.4 is 0 Å². The van der Waals surface area contributed by atoms with E-state index in [0.717, 1.165) is 0 Å². The van der Waals surface area contributed by atoms with Crippen LogP contribution in [-0.2, 0) is 4.74 Å². The molecule has 0 radical (unpaired) electrons. The maximum Gasteiger partial charge on any atom is 0.358 e. The Balaban J connectivity index is 2.42. The third-order valence-corrected chi connectivity index (χ3v) is 2.38. The Morgan fingerprint density at radius 2 is 2.32 bits per heavy atom. The zero-order chi connectivity index (χ0) is 13.8. The van der Waals surface area contributed by atoms with Crippen molar-refractivity contribution in [3.8, 4) is 0 Å². The molecule has 0 bridgehead atoms. The predicted molar refractivity (Wildman–Crippen MR) is 73.0 cm³/mol. The minimum Gasteiger partial charge on any atom is -0.461 e. The van der Waals surface area contributed by atoms with E-state index in [4.69, 9.17) is 4.74 Å². The smallest absolute Gasteiger partial charge is 0.358 e. The van der Waals surface area contributed by atoms with Crippen molar-refractivity contribution in [1.29, 1.82) is 0 Å². The van der Waals surface area contributed by atoms with Gasteiger partial charge >= 0.3 is 5.97 Å². The highest BCUT2D eigenvalue weighted by molar-refractivity contribution is 5.88. The van der Waals surface area contributed by atoms with Gasteiger partial charge < -0.3 is 9.64 Å². The van der Waals surface area contributed by atoms with Gasteiger partial charge in [0.15, 0.2) is 5.69 Å². The van der Waals surface area contributed by atoms with Gasteiger partial charge in [-0.1, -0.05) is 6.07 Å². The summed E-state index contributed by atoms with van der Waals surface area (Å²) < 4.78 is 6.69. The van der Waals surface area contributed by atoms with Gasteiger partial charge in [-0.15, -0.1) is 0 Å². The van der Waals surface area contributed by atoms with Crippen LogP contribution in [0.25, 0.3) is 5.65 Å². The highest BCUT2D eigenvalue weighted by atomic mass is 16.5. The van der Waals surface area contributed by atoms with Crippen LogP contribution in [0.4, 0.5) is 5.82 Å². The minimum absolute atomic E-state index is 0.286. The van der Waals surface area contributed by atoms with Gasteiger partial charge in [-0.25, -0.2) is 14.8 Å². The molecule has 0 amide bonds. The average molecular weight is 260 g/mol. The lowest BCUT2D eigenvalue weighted by molar-refractivity contribution is 0.0520. The molecule has 0 saturated heterocycles. The molecule has 19 heavy (non-hydrogen) atoms. The molecule has 0 fully saturated rings. The lowest BCUT2D eigenvalue weighted by Crippen LogP contribution is -2.07. The number of aliphatic imine (C=N–C) groups is 1. The topological polar surface area (TPSA) is 59.2 Å². The van der Waals surface area contributed by atoms with Crippen molar-refractivity contribution in [2.45, 2.75) is 6.92 Å². The summed E-state index contributed by atoms with van der Waals surface area (Å²) in [6.45, 7) is 2.10. The van der Waals surface area contributed by atoms with Crippen LogP contribution in [0.1, 0.15) is 17.4 Å². The number of aromatic nitrogens is 2. The molecule has 0 N–H and O–H groups in total. The summed E-state index contributed by atoms with van der Waals surface area (Å²) >= 11 is 0. The van der Waals surface area contributed by atoms with Crippen LogP contribution in [0.2, 0.25) is 0 Å². The molecule has 0 aromatic carbocycles. The molecule has 0 aliphatic rings. The van der Waals surface area contributed by atoms with E-state index in [0.29, 0.717) is 18.1 Å². The summed E-state index contributed by atoms with van der Waals surface area (Å²) in [5, 5.41) is 0. The van der Waals surface area contributed by atoms with Crippen molar-refractivity contribution in [2.24, 2.45) is 4.99 Å². The number of esters is 1. The van der Waals surface area contributed by atoms with Gasteiger partial charge in [-0.05, 0) is 19.1 Å². The van der Waals surface area contributed by atoms with E-state index >= 15 is 0 Å². The first-order valence-electron chi connectivity index (χ1n) is 5.97. The number of pyridine rings is 1. The third-order valence-electron chi connectivity index (χ3n) is 2.38. The normalized spacial score (nSPS) is 11.1. The van der Waals surface area contributed by atoms with Crippen LogP contribution in [0.5, 0.6) is 0 Å². The first-order valence-corrected chi connectivity index (χ1v) is 5.97. The summed E-state index contributed by atoms with van der Waals surface area (Å²) in [5.41, 5.74) is 0.950. The number of ether oxygens (including phenoxy) is 1. The minimum atomic E-state index is -0.422. The maximum atomic E-state index is 11.6. The van der Waals surface area contributed by atoms with E-state index in [1.807, 2.05) is 37.2 Å². The van der Waals surface area contributed by atoms with Crippen molar-refractivity contribution in [1.82, 2.24) is 14.3 Å². The van der Waals surface area contributed by atoms with Crippen molar-refractivity contribution in [2.75, 3.05) is 20.7 Å². The van der Waals surface area contributed by atoms with Gasteiger partial charge in [-0.2, -0.15) is 0 Å². The summed E-state index contributed by atoms with van der Waals surface area (Å²) in [4.78, 5) is 22.0. The SMILES string of the molecule is CCOC(=O)c1cn2c(/N=C/N(C)C)cccc2n1. The van der Waals surface area contributed by atoms with E-state index < -0.39 is 5.97 Å². The van der Waals surface area contributed by atoms with Gasteiger partial charge in [0, 0.05) is 20.3 Å². The number of hydrogen-bond donors (Lipinski definition) is 0. The fourth-order valence-electron chi connectivity index (χ4n) is 1.58. The Morgan fingerprint density at radius 3 is 3.00 bits per heavy atom. The van der Waals surface area contributed by atoms with Gasteiger partial charge in [0.2, 0.25) is 0 Å².